The fraction of sp³-hybridized carbons (Fsp3) is 0.350. The molecule has 2 aromatic carbocycles. The highest BCUT2D eigenvalue weighted by atomic mass is 19.1. The SMILES string of the molecule is CCN(Cc1ccc(OC)c(F)c1)C(=O)c1ccc(NCCOC)c([N+](=O)[O-])c1. The minimum atomic E-state index is -0.541. The summed E-state index contributed by atoms with van der Waals surface area (Å²) in [5.74, 6) is -0.777. The standard InChI is InChI=1S/C20H24FN3O5/c1-4-23(13-14-5-8-19(29-3)16(21)11-14)20(25)15-6-7-17(22-9-10-28-2)18(12-15)24(26)27/h5-8,11-12,22H,4,9-10,13H2,1-3H3. The van der Waals surface area contributed by atoms with E-state index in [1.807, 2.05) is 0 Å². The van der Waals surface area contributed by atoms with Crippen molar-refractivity contribution in [2.75, 3.05) is 39.2 Å². The molecule has 156 valence electrons. The summed E-state index contributed by atoms with van der Waals surface area (Å²) in [6.45, 7) is 3.09. The molecule has 9 heteroatoms. The second-order valence-electron chi connectivity index (χ2n) is 6.20. The zero-order chi connectivity index (χ0) is 21.4. The lowest BCUT2D eigenvalue weighted by atomic mass is 10.1. The number of halogens is 1. The van der Waals surface area contributed by atoms with Crippen molar-refractivity contribution in [3.63, 3.8) is 0 Å². The predicted molar refractivity (Wildman–Crippen MR) is 107 cm³/mol. The number of ether oxygens (including phenoxy) is 2. The second-order valence-corrected chi connectivity index (χ2v) is 6.20. The molecule has 0 saturated carbocycles. The van der Waals surface area contributed by atoms with Gasteiger partial charge in [0.25, 0.3) is 11.6 Å². The van der Waals surface area contributed by atoms with Gasteiger partial charge < -0.3 is 19.7 Å². The number of rotatable bonds is 10. The third-order valence-corrected chi connectivity index (χ3v) is 4.32. The van der Waals surface area contributed by atoms with Crippen molar-refractivity contribution < 1.29 is 23.6 Å². The van der Waals surface area contributed by atoms with Gasteiger partial charge in [0, 0.05) is 38.4 Å². The minimum Gasteiger partial charge on any atom is -0.494 e. The van der Waals surface area contributed by atoms with Crippen molar-refractivity contribution in [1.82, 2.24) is 4.90 Å². The lowest BCUT2D eigenvalue weighted by Crippen LogP contribution is -2.30. The smallest absolute Gasteiger partial charge is 0.293 e. The summed E-state index contributed by atoms with van der Waals surface area (Å²) in [6.07, 6.45) is 0. The van der Waals surface area contributed by atoms with Gasteiger partial charge in [0.2, 0.25) is 0 Å². The zero-order valence-corrected chi connectivity index (χ0v) is 16.6. The van der Waals surface area contributed by atoms with Crippen LogP contribution in [0.2, 0.25) is 0 Å². The van der Waals surface area contributed by atoms with Crippen molar-refractivity contribution in [1.29, 1.82) is 0 Å². The van der Waals surface area contributed by atoms with Crippen molar-refractivity contribution in [3.8, 4) is 5.75 Å². The summed E-state index contributed by atoms with van der Waals surface area (Å²) in [5.41, 5.74) is 0.887. The first-order valence-corrected chi connectivity index (χ1v) is 9.04. The summed E-state index contributed by atoms with van der Waals surface area (Å²) >= 11 is 0. The highest BCUT2D eigenvalue weighted by Gasteiger charge is 2.21. The lowest BCUT2D eigenvalue weighted by molar-refractivity contribution is -0.384. The van der Waals surface area contributed by atoms with Crippen LogP contribution in [0.5, 0.6) is 5.75 Å². The molecule has 0 aromatic heterocycles. The molecule has 0 heterocycles. The Morgan fingerprint density at radius 1 is 1.24 bits per heavy atom. The van der Waals surface area contributed by atoms with E-state index in [0.29, 0.717) is 30.9 Å². The predicted octanol–water partition coefficient (Wildman–Crippen LogP) is 3.46. The number of nitrogens with one attached hydrogen (secondary N) is 1. The molecule has 0 aliphatic carbocycles. The normalized spacial score (nSPS) is 10.5. The van der Waals surface area contributed by atoms with Gasteiger partial charge >= 0.3 is 0 Å². The number of carbonyl (C=O) groups excluding carboxylic acids is 1. The van der Waals surface area contributed by atoms with Gasteiger partial charge in [0.05, 0.1) is 18.6 Å². The highest BCUT2D eigenvalue weighted by molar-refractivity contribution is 5.95. The molecule has 0 radical (unpaired) electrons. The van der Waals surface area contributed by atoms with E-state index in [1.54, 1.807) is 13.0 Å². The molecule has 0 aliphatic rings. The Kier molecular flexibility index (Phi) is 7.90. The molecular weight excluding hydrogens is 381 g/mol. The highest BCUT2D eigenvalue weighted by Crippen LogP contribution is 2.26. The van der Waals surface area contributed by atoms with E-state index in [9.17, 15) is 19.3 Å². The third-order valence-electron chi connectivity index (χ3n) is 4.32. The van der Waals surface area contributed by atoms with Crippen LogP contribution in [0.4, 0.5) is 15.8 Å². The summed E-state index contributed by atoms with van der Waals surface area (Å²) < 4.78 is 23.7. The number of nitro benzene ring substituents is 1. The molecule has 8 nitrogen and oxygen atoms in total. The van der Waals surface area contributed by atoms with Crippen molar-refractivity contribution in [2.45, 2.75) is 13.5 Å². The summed E-state index contributed by atoms with van der Waals surface area (Å²) in [7, 11) is 2.91. The first-order valence-electron chi connectivity index (χ1n) is 9.04. The average Bonchev–Trinajstić information content (AvgIpc) is 2.71. The zero-order valence-electron chi connectivity index (χ0n) is 16.6. The molecule has 0 spiro atoms. The molecule has 1 amide bonds. The van der Waals surface area contributed by atoms with Crippen LogP contribution in [0.3, 0.4) is 0 Å². The van der Waals surface area contributed by atoms with Gasteiger partial charge in [-0.25, -0.2) is 4.39 Å². The van der Waals surface area contributed by atoms with Gasteiger partial charge in [-0.3, -0.25) is 14.9 Å². The van der Waals surface area contributed by atoms with Crippen LogP contribution in [0, 0.1) is 15.9 Å². The Balaban J connectivity index is 2.22. The Hall–Kier alpha value is -3.20. The van der Waals surface area contributed by atoms with Gasteiger partial charge in [-0.1, -0.05) is 6.07 Å². The van der Waals surface area contributed by atoms with Gasteiger partial charge in [-0.15, -0.1) is 0 Å². The molecule has 29 heavy (non-hydrogen) atoms. The van der Waals surface area contributed by atoms with Crippen LogP contribution in [0.15, 0.2) is 36.4 Å². The monoisotopic (exact) mass is 405 g/mol. The molecule has 2 rings (SSSR count). The van der Waals surface area contributed by atoms with Crippen molar-refractivity contribution in [2.24, 2.45) is 0 Å². The maximum atomic E-state index is 13.9. The summed E-state index contributed by atoms with van der Waals surface area (Å²) in [4.78, 5) is 25.2. The Labute approximate surface area is 168 Å². The largest absolute Gasteiger partial charge is 0.494 e. The summed E-state index contributed by atoms with van der Waals surface area (Å²) in [5, 5.41) is 14.3. The Morgan fingerprint density at radius 3 is 2.59 bits per heavy atom. The van der Waals surface area contributed by atoms with E-state index in [-0.39, 0.29) is 29.5 Å². The van der Waals surface area contributed by atoms with Gasteiger partial charge in [0.15, 0.2) is 11.6 Å². The third kappa shape index (κ3) is 5.64. The van der Waals surface area contributed by atoms with Crippen LogP contribution in [0.1, 0.15) is 22.8 Å². The van der Waals surface area contributed by atoms with Crippen LogP contribution in [0.25, 0.3) is 0 Å². The molecular formula is C20H24FN3O5. The number of methoxy groups -OCH3 is 2. The Bertz CT molecular complexity index is 875. The van der Waals surface area contributed by atoms with E-state index in [2.05, 4.69) is 5.32 Å². The molecule has 0 fully saturated rings. The van der Waals surface area contributed by atoms with Crippen molar-refractivity contribution >= 4 is 17.3 Å². The number of hydrogen-bond acceptors (Lipinski definition) is 6. The van der Waals surface area contributed by atoms with Crippen LogP contribution in [-0.2, 0) is 11.3 Å². The first kappa shape index (κ1) is 22.1. The van der Waals surface area contributed by atoms with Crippen molar-refractivity contribution in [3.05, 3.63) is 63.5 Å². The fourth-order valence-corrected chi connectivity index (χ4v) is 2.79. The number of benzene rings is 2. The molecule has 0 bridgehead atoms. The van der Waals surface area contributed by atoms with E-state index < -0.39 is 10.7 Å². The molecule has 2 aromatic rings. The number of carbonyl (C=O) groups is 1. The number of hydrogen-bond donors (Lipinski definition) is 1. The van der Waals surface area contributed by atoms with Gasteiger partial charge in [0.1, 0.15) is 5.69 Å². The number of nitrogens with zero attached hydrogens (tertiary/aromatic N) is 2. The lowest BCUT2D eigenvalue weighted by Gasteiger charge is -2.21. The topological polar surface area (TPSA) is 93.9 Å². The maximum absolute atomic E-state index is 13.9. The quantitative estimate of drug-likeness (QED) is 0.370. The van der Waals surface area contributed by atoms with E-state index in [4.69, 9.17) is 9.47 Å². The molecule has 0 unspecified atom stereocenters. The maximum Gasteiger partial charge on any atom is 0.293 e. The second kappa shape index (κ2) is 10.4. The first-order chi connectivity index (χ1) is 13.9. The van der Waals surface area contributed by atoms with Crippen LogP contribution >= 0.6 is 0 Å². The van der Waals surface area contributed by atoms with Gasteiger partial charge in [-0.2, -0.15) is 0 Å². The number of amides is 1. The van der Waals surface area contributed by atoms with Crippen LogP contribution in [-0.4, -0.2) is 49.6 Å². The van der Waals surface area contributed by atoms with E-state index >= 15 is 0 Å². The van der Waals surface area contributed by atoms with Crippen LogP contribution < -0.4 is 10.1 Å². The van der Waals surface area contributed by atoms with E-state index in [1.165, 1.54) is 49.5 Å². The number of anilines is 1. The fourth-order valence-electron chi connectivity index (χ4n) is 2.79. The number of nitro groups is 1. The van der Waals surface area contributed by atoms with E-state index in [0.717, 1.165) is 0 Å². The van der Waals surface area contributed by atoms with Gasteiger partial charge in [-0.05, 0) is 36.8 Å². The molecule has 0 aliphatic heterocycles. The molecule has 0 saturated heterocycles. The molecule has 0 atom stereocenters. The molecule has 1 N–H and O–H groups in total. The summed E-state index contributed by atoms with van der Waals surface area (Å²) in [6, 6.07) is 8.75. The average molecular weight is 405 g/mol. The minimum absolute atomic E-state index is 0.121. The Morgan fingerprint density at radius 2 is 2.00 bits per heavy atom.